The van der Waals surface area contributed by atoms with Crippen molar-refractivity contribution in [1.29, 1.82) is 0 Å². The number of nitrogens with two attached hydrogens (primary N) is 1. The molecule has 1 atom stereocenters. The first-order valence-corrected chi connectivity index (χ1v) is 6.05. The summed E-state index contributed by atoms with van der Waals surface area (Å²) in [7, 11) is 0. The Morgan fingerprint density at radius 1 is 1.37 bits per heavy atom. The Morgan fingerprint density at radius 2 is 2.21 bits per heavy atom. The molecule has 3 aromatic rings. The number of nitrogens with one attached hydrogen (secondary N) is 2. The van der Waals surface area contributed by atoms with Crippen LogP contribution in [-0.2, 0) is 0 Å². The Hall–Kier alpha value is -2.50. The highest BCUT2D eigenvalue weighted by Crippen LogP contribution is 2.28. The highest BCUT2D eigenvalue weighted by Gasteiger charge is 2.13. The van der Waals surface area contributed by atoms with Crippen LogP contribution in [0, 0.1) is 6.92 Å². The molecule has 0 saturated carbocycles. The first kappa shape index (κ1) is 11.6. The number of aromatic amines is 1. The van der Waals surface area contributed by atoms with Crippen molar-refractivity contribution in [1.82, 2.24) is 15.2 Å². The molecule has 2 heterocycles. The zero-order valence-corrected chi connectivity index (χ0v) is 10.8. The molecule has 0 aliphatic rings. The molecular weight excluding hydrogens is 242 g/mol. The van der Waals surface area contributed by atoms with Gasteiger partial charge in [-0.05, 0) is 26.0 Å². The summed E-state index contributed by atoms with van der Waals surface area (Å²) in [5.74, 6) is 1.43. The van der Waals surface area contributed by atoms with Crippen LogP contribution in [0.5, 0.6) is 0 Å². The molecule has 19 heavy (non-hydrogen) atoms. The third-order valence-electron chi connectivity index (χ3n) is 2.99. The van der Waals surface area contributed by atoms with Gasteiger partial charge in [0.25, 0.3) is 0 Å². The first-order chi connectivity index (χ1) is 9.13. The molecule has 1 unspecified atom stereocenters. The first-order valence-electron chi connectivity index (χ1n) is 6.05. The molecule has 6 nitrogen and oxygen atoms in total. The van der Waals surface area contributed by atoms with Gasteiger partial charge in [0.2, 0.25) is 5.89 Å². The van der Waals surface area contributed by atoms with E-state index in [-0.39, 0.29) is 6.04 Å². The van der Waals surface area contributed by atoms with Crippen molar-refractivity contribution in [2.24, 2.45) is 0 Å². The molecule has 98 valence electrons. The van der Waals surface area contributed by atoms with Crippen LogP contribution in [0.15, 0.2) is 28.9 Å². The largest absolute Gasteiger partial charge is 0.444 e. The van der Waals surface area contributed by atoms with E-state index in [4.69, 9.17) is 10.2 Å². The lowest BCUT2D eigenvalue weighted by Crippen LogP contribution is -2.08. The predicted molar refractivity (Wildman–Crippen MR) is 73.8 cm³/mol. The fourth-order valence-electron chi connectivity index (χ4n) is 2.00. The van der Waals surface area contributed by atoms with Gasteiger partial charge in [-0.1, -0.05) is 0 Å². The minimum absolute atomic E-state index is 0.0589. The number of aryl methyl sites for hydroxylation is 1. The molecule has 0 aliphatic carbocycles. The van der Waals surface area contributed by atoms with Crippen LogP contribution in [0.4, 0.5) is 11.4 Å². The van der Waals surface area contributed by atoms with Gasteiger partial charge in [-0.25, -0.2) is 4.98 Å². The van der Waals surface area contributed by atoms with Gasteiger partial charge in [0, 0.05) is 5.39 Å². The third kappa shape index (κ3) is 2.12. The maximum atomic E-state index is 6.02. The average Bonchev–Trinajstić information content (AvgIpc) is 2.98. The van der Waals surface area contributed by atoms with E-state index in [1.807, 2.05) is 26.0 Å². The van der Waals surface area contributed by atoms with E-state index in [1.54, 1.807) is 12.4 Å². The van der Waals surface area contributed by atoms with Crippen molar-refractivity contribution in [3.63, 3.8) is 0 Å². The van der Waals surface area contributed by atoms with Gasteiger partial charge in [-0.3, -0.25) is 5.10 Å². The monoisotopic (exact) mass is 257 g/mol. The number of nitrogen functional groups attached to an aromatic ring is 1. The SMILES string of the molecule is Cc1cnc(C(C)Nc2cc3[nH]ncc3cc2N)o1. The Bertz CT molecular complexity index is 715. The van der Waals surface area contributed by atoms with Gasteiger partial charge < -0.3 is 15.5 Å². The van der Waals surface area contributed by atoms with E-state index in [2.05, 4.69) is 20.5 Å². The van der Waals surface area contributed by atoms with Gasteiger partial charge >= 0.3 is 0 Å². The molecule has 0 fully saturated rings. The molecular formula is C13H15N5O. The summed E-state index contributed by atoms with van der Waals surface area (Å²) < 4.78 is 5.50. The molecule has 0 aliphatic heterocycles. The number of aromatic nitrogens is 3. The number of rotatable bonds is 3. The second-order valence-electron chi connectivity index (χ2n) is 4.57. The Balaban J connectivity index is 1.89. The Kier molecular flexibility index (Phi) is 2.63. The Labute approximate surface area is 110 Å². The Morgan fingerprint density at radius 3 is 2.95 bits per heavy atom. The number of nitrogens with zero attached hydrogens (tertiary/aromatic N) is 2. The van der Waals surface area contributed by atoms with E-state index < -0.39 is 0 Å². The van der Waals surface area contributed by atoms with E-state index in [0.29, 0.717) is 11.6 Å². The van der Waals surface area contributed by atoms with Gasteiger partial charge in [-0.15, -0.1) is 0 Å². The van der Waals surface area contributed by atoms with Crippen LogP contribution in [-0.4, -0.2) is 15.2 Å². The molecule has 0 spiro atoms. The van der Waals surface area contributed by atoms with Crippen LogP contribution in [0.3, 0.4) is 0 Å². The van der Waals surface area contributed by atoms with Crippen molar-refractivity contribution >= 4 is 22.3 Å². The van der Waals surface area contributed by atoms with Crippen molar-refractivity contribution in [3.05, 3.63) is 36.2 Å². The van der Waals surface area contributed by atoms with E-state index >= 15 is 0 Å². The normalized spacial score (nSPS) is 12.7. The number of oxazole rings is 1. The van der Waals surface area contributed by atoms with Gasteiger partial charge in [-0.2, -0.15) is 5.10 Å². The summed E-state index contributed by atoms with van der Waals surface area (Å²) in [6, 6.07) is 3.76. The summed E-state index contributed by atoms with van der Waals surface area (Å²) >= 11 is 0. The van der Waals surface area contributed by atoms with Crippen LogP contribution < -0.4 is 11.1 Å². The summed E-state index contributed by atoms with van der Waals surface area (Å²) in [6.45, 7) is 3.84. The quantitative estimate of drug-likeness (QED) is 0.627. The van der Waals surface area contributed by atoms with Gasteiger partial charge in [0.1, 0.15) is 11.8 Å². The highest BCUT2D eigenvalue weighted by atomic mass is 16.4. The number of hydrogen-bond acceptors (Lipinski definition) is 5. The van der Waals surface area contributed by atoms with Crippen molar-refractivity contribution < 1.29 is 4.42 Å². The van der Waals surface area contributed by atoms with Crippen LogP contribution in [0.2, 0.25) is 0 Å². The number of anilines is 2. The van der Waals surface area contributed by atoms with Gasteiger partial charge in [0.05, 0.1) is 29.3 Å². The zero-order valence-electron chi connectivity index (χ0n) is 10.8. The second-order valence-corrected chi connectivity index (χ2v) is 4.57. The lowest BCUT2D eigenvalue weighted by Gasteiger charge is -2.14. The molecule has 1 aromatic carbocycles. The summed E-state index contributed by atoms with van der Waals surface area (Å²) in [4.78, 5) is 4.20. The molecule has 6 heteroatoms. The molecule has 0 amide bonds. The fourth-order valence-corrected chi connectivity index (χ4v) is 2.00. The number of H-pyrrole nitrogens is 1. The van der Waals surface area contributed by atoms with Crippen molar-refractivity contribution in [2.75, 3.05) is 11.1 Å². The molecule has 3 rings (SSSR count). The maximum Gasteiger partial charge on any atom is 0.216 e. The standard InChI is InChI=1S/C13H15N5O/c1-7-5-15-13(19-7)8(2)17-12-4-11-9(3-10(12)14)6-16-18-11/h3-6,8,17H,14H2,1-2H3,(H,16,18). The molecule has 2 aromatic heterocycles. The van der Waals surface area contributed by atoms with Gasteiger partial charge in [0.15, 0.2) is 0 Å². The van der Waals surface area contributed by atoms with E-state index in [0.717, 1.165) is 22.4 Å². The number of benzene rings is 1. The summed E-state index contributed by atoms with van der Waals surface area (Å²) in [5, 5.41) is 11.2. The smallest absolute Gasteiger partial charge is 0.216 e. The number of fused-ring (bicyclic) bond motifs is 1. The zero-order chi connectivity index (χ0) is 13.4. The molecule has 0 saturated heterocycles. The molecule has 4 N–H and O–H groups in total. The lowest BCUT2D eigenvalue weighted by molar-refractivity contribution is 0.454. The number of hydrogen-bond donors (Lipinski definition) is 3. The molecule has 0 bridgehead atoms. The van der Waals surface area contributed by atoms with Crippen molar-refractivity contribution in [3.8, 4) is 0 Å². The third-order valence-corrected chi connectivity index (χ3v) is 2.99. The fraction of sp³-hybridized carbons (Fsp3) is 0.231. The minimum Gasteiger partial charge on any atom is -0.444 e. The maximum absolute atomic E-state index is 6.02. The van der Waals surface area contributed by atoms with Crippen LogP contribution in [0.1, 0.15) is 24.6 Å². The summed E-state index contributed by atoms with van der Waals surface area (Å²) in [6.07, 6.45) is 3.45. The predicted octanol–water partition coefficient (Wildman–Crippen LogP) is 2.61. The van der Waals surface area contributed by atoms with E-state index in [9.17, 15) is 0 Å². The average molecular weight is 257 g/mol. The second kappa shape index (κ2) is 4.31. The lowest BCUT2D eigenvalue weighted by atomic mass is 10.2. The summed E-state index contributed by atoms with van der Waals surface area (Å²) in [5.41, 5.74) is 8.46. The highest BCUT2D eigenvalue weighted by molar-refractivity contribution is 5.88. The molecule has 0 radical (unpaired) electrons. The topological polar surface area (TPSA) is 92.8 Å². The minimum atomic E-state index is -0.0589. The van der Waals surface area contributed by atoms with Crippen LogP contribution >= 0.6 is 0 Å². The van der Waals surface area contributed by atoms with Crippen molar-refractivity contribution in [2.45, 2.75) is 19.9 Å². The van der Waals surface area contributed by atoms with E-state index in [1.165, 1.54) is 0 Å². The van der Waals surface area contributed by atoms with Crippen LogP contribution in [0.25, 0.3) is 10.9 Å².